The molecule has 106 valence electrons. The molecule has 2 rings (SSSR count). The van der Waals surface area contributed by atoms with Crippen molar-refractivity contribution in [3.05, 3.63) is 0 Å². The molecule has 0 aromatic rings. The van der Waals surface area contributed by atoms with Gasteiger partial charge in [-0.1, -0.05) is 46.0 Å². The predicted octanol–water partition coefficient (Wildman–Crippen LogP) is 3.40. The lowest BCUT2D eigenvalue weighted by Crippen LogP contribution is -2.62. The molecule has 0 aliphatic heterocycles. The maximum Gasteiger partial charge on any atom is 0.0359 e. The monoisotopic (exact) mass is 252 g/mol. The van der Waals surface area contributed by atoms with Gasteiger partial charge in [0.05, 0.1) is 0 Å². The number of nitrogens with two attached hydrogens (primary N) is 1. The number of hydrogen-bond acceptors (Lipinski definition) is 2. The topological polar surface area (TPSA) is 29.3 Å². The third-order valence-electron chi connectivity index (χ3n) is 6.15. The summed E-state index contributed by atoms with van der Waals surface area (Å²) in [4.78, 5) is 2.70. The highest BCUT2D eigenvalue weighted by Gasteiger charge is 2.45. The van der Waals surface area contributed by atoms with Gasteiger partial charge in [0, 0.05) is 18.1 Å². The highest BCUT2D eigenvalue weighted by Crippen LogP contribution is 2.42. The van der Waals surface area contributed by atoms with Crippen LogP contribution in [0.4, 0.5) is 0 Å². The van der Waals surface area contributed by atoms with Gasteiger partial charge in [-0.25, -0.2) is 0 Å². The molecule has 0 saturated heterocycles. The Hall–Kier alpha value is -0.0800. The minimum Gasteiger partial charge on any atom is -0.329 e. The van der Waals surface area contributed by atoms with E-state index in [0.717, 1.165) is 24.4 Å². The van der Waals surface area contributed by atoms with Gasteiger partial charge in [0.1, 0.15) is 0 Å². The normalized spacial score (nSPS) is 39.2. The molecular weight excluding hydrogens is 220 g/mol. The Kier molecular flexibility index (Phi) is 4.71. The summed E-state index contributed by atoms with van der Waals surface area (Å²) in [5.41, 5.74) is 6.53. The predicted molar refractivity (Wildman–Crippen MR) is 78.6 cm³/mol. The second kappa shape index (κ2) is 5.92. The molecule has 2 saturated carbocycles. The summed E-state index contributed by atoms with van der Waals surface area (Å²) in [6, 6.07) is 0.787. The quantitative estimate of drug-likeness (QED) is 0.834. The van der Waals surface area contributed by atoms with Crippen LogP contribution < -0.4 is 5.73 Å². The Morgan fingerprint density at radius 3 is 2.33 bits per heavy atom. The summed E-state index contributed by atoms with van der Waals surface area (Å²) in [5, 5.41) is 0. The fraction of sp³-hybridized carbons (Fsp3) is 1.00. The van der Waals surface area contributed by atoms with Crippen LogP contribution in [0, 0.1) is 11.8 Å². The van der Waals surface area contributed by atoms with E-state index in [-0.39, 0.29) is 5.54 Å². The van der Waals surface area contributed by atoms with Gasteiger partial charge in [-0.15, -0.1) is 0 Å². The first-order valence-electron chi connectivity index (χ1n) is 8.05. The molecule has 3 unspecified atom stereocenters. The van der Waals surface area contributed by atoms with Crippen molar-refractivity contribution in [3.63, 3.8) is 0 Å². The summed E-state index contributed by atoms with van der Waals surface area (Å²) in [7, 11) is 2.36. The van der Waals surface area contributed by atoms with Gasteiger partial charge in [-0.2, -0.15) is 0 Å². The van der Waals surface area contributed by atoms with E-state index in [4.69, 9.17) is 5.73 Å². The standard InChI is InChI=1S/C16H32N2/c1-13-8-7-11-16(12-17,14(13)2)18(3)15-9-5-4-6-10-15/h13-15H,4-12,17H2,1-3H3. The molecule has 0 aromatic carbocycles. The molecule has 2 aliphatic rings. The van der Waals surface area contributed by atoms with Crippen LogP contribution in [0.2, 0.25) is 0 Å². The van der Waals surface area contributed by atoms with E-state index in [1.54, 1.807) is 0 Å². The van der Waals surface area contributed by atoms with Crippen LogP contribution in [0.25, 0.3) is 0 Å². The Morgan fingerprint density at radius 1 is 1.06 bits per heavy atom. The Morgan fingerprint density at radius 2 is 1.72 bits per heavy atom. The Balaban J connectivity index is 2.14. The first-order chi connectivity index (χ1) is 8.62. The van der Waals surface area contributed by atoms with Crippen LogP contribution in [-0.4, -0.2) is 30.1 Å². The molecule has 0 bridgehead atoms. The zero-order chi connectivity index (χ0) is 13.2. The average molecular weight is 252 g/mol. The van der Waals surface area contributed by atoms with Crippen molar-refractivity contribution in [1.29, 1.82) is 0 Å². The molecule has 2 nitrogen and oxygen atoms in total. The largest absolute Gasteiger partial charge is 0.329 e. The van der Waals surface area contributed by atoms with Gasteiger partial charge >= 0.3 is 0 Å². The van der Waals surface area contributed by atoms with E-state index in [0.29, 0.717) is 0 Å². The number of hydrogen-bond donors (Lipinski definition) is 1. The van der Waals surface area contributed by atoms with Crippen LogP contribution in [0.3, 0.4) is 0 Å². The van der Waals surface area contributed by atoms with Gasteiger partial charge in [-0.3, -0.25) is 4.90 Å². The van der Waals surface area contributed by atoms with Crippen molar-refractivity contribution in [2.45, 2.75) is 76.8 Å². The molecule has 2 aliphatic carbocycles. The van der Waals surface area contributed by atoms with Gasteiger partial charge in [-0.05, 0) is 38.1 Å². The lowest BCUT2D eigenvalue weighted by atomic mass is 9.66. The molecule has 2 heteroatoms. The van der Waals surface area contributed by atoms with Gasteiger partial charge < -0.3 is 5.73 Å². The molecule has 18 heavy (non-hydrogen) atoms. The van der Waals surface area contributed by atoms with Crippen LogP contribution >= 0.6 is 0 Å². The van der Waals surface area contributed by atoms with Crippen molar-refractivity contribution in [2.75, 3.05) is 13.6 Å². The maximum absolute atomic E-state index is 6.26. The van der Waals surface area contributed by atoms with Gasteiger partial charge in [0.15, 0.2) is 0 Å². The zero-order valence-corrected chi connectivity index (χ0v) is 12.6. The van der Waals surface area contributed by atoms with Crippen molar-refractivity contribution in [3.8, 4) is 0 Å². The Bertz CT molecular complexity index is 260. The molecule has 0 spiro atoms. The lowest BCUT2D eigenvalue weighted by Gasteiger charge is -2.54. The van der Waals surface area contributed by atoms with Crippen molar-refractivity contribution in [1.82, 2.24) is 4.90 Å². The van der Waals surface area contributed by atoms with E-state index in [9.17, 15) is 0 Å². The average Bonchev–Trinajstić information content (AvgIpc) is 2.42. The molecule has 2 fully saturated rings. The third kappa shape index (κ3) is 2.46. The molecule has 0 aromatic heterocycles. The SMILES string of the molecule is CC1CCCC(CN)(N(C)C2CCCCC2)C1C. The van der Waals surface area contributed by atoms with E-state index in [1.165, 1.54) is 51.4 Å². The second-order valence-electron chi connectivity index (χ2n) is 6.87. The molecule has 0 radical (unpaired) electrons. The van der Waals surface area contributed by atoms with Crippen LogP contribution in [0.5, 0.6) is 0 Å². The number of rotatable bonds is 3. The van der Waals surface area contributed by atoms with Gasteiger partial charge in [0.2, 0.25) is 0 Å². The van der Waals surface area contributed by atoms with E-state index < -0.39 is 0 Å². The molecule has 2 N–H and O–H groups in total. The molecule has 0 heterocycles. The maximum atomic E-state index is 6.26. The summed E-state index contributed by atoms with van der Waals surface area (Å²) in [5.74, 6) is 1.57. The van der Waals surface area contributed by atoms with Gasteiger partial charge in [0.25, 0.3) is 0 Å². The summed E-state index contributed by atoms with van der Waals surface area (Å²) in [6.07, 6.45) is 11.1. The lowest BCUT2D eigenvalue weighted by molar-refractivity contribution is -0.0286. The van der Waals surface area contributed by atoms with E-state index >= 15 is 0 Å². The van der Waals surface area contributed by atoms with E-state index in [1.807, 2.05) is 0 Å². The Labute approximate surface area is 113 Å². The smallest absolute Gasteiger partial charge is 0.0359 e. The fourth-order valence-corrected chi connectivity index (χ4v) is 4.50. The fourth-order valence-electron chi connectivity index (χ4n) is 4.50. The third-order valence-corrected chi connectivity index (χ3v) is 6.15. The summed E-state index contributed by atoms with van der Waals surface area (Å²) in [6.45, 7) is 5.70. The molecule has 3 atom stereocenters. The molecular formula is C16H32N2. The minimum atomic E-state index is 0.277. The van der Waals surface area contributed by atoms with Crippen molar-refractivity contribution < 1.29 is 0 Å². The highest BCUT2D eigenvalue weighted by atomic mass is 15.2. The van der Waals surface area contributed by atoms with E-state index in [2.05, 4.69) is 25.8 Å². The first kappa shape index (κ1) is 14.3. The van der Waals surface area contributed by atoms with Crippen molar-refractivity contribution in [2.24, 2.45) is 17.6 Å². The summed E-state index contributed by atoms with van der Waals surface area (Å²) < 4.78 is 0. The minimum absolute atomic E-state index is 0.277. The number of likely N-dealkylation sites (N-methyl/N-ethyl adjacent to an activating group) is 1. The van der Waals surface area contributed by atoms with Crippen LogP contribution in [0.1, 0.15) is 65.2 Å². The first-order valence-corrected chi connectivity index (χ1v) is 8.05. The number of nitrogens with zero attached hydrogens (tertiary/aromatic N) is 1. The highest BCUT2D eigenvalue weighted by molar-refractivity contribution is 5.01. The zero-order valence-electron chi connectivity index (χ0n) is 12.6. The molecule has 0 amide bonds. The van der Waals surface area contributed by atoms with Crippen LogP contribution in [-0.2, 0) is 0 Å². The summed E-state index contributed by atoms with van der Waals surface area (Å²) >= 11 is 0. The van der Waals surface area contributed by atoms with Crippen molar-refractivity contribution >= 4 is 0 Å². The van der Waals surface area contributed by atoms with Crippen LogP contribution in [0.15, 0.2) is 0 Å². The second-order valence-corrected chi connectivity index (χ2v) is 6.87.